The quantitative estimate of drug-likeness (QED) is 0.730. The van der Waals surface area contributed by atoms with E-state index in [2.05, 4.69) is 9.80 Å². The molecule has 2 aliphatic rings. The van der Waals surface area contributed by atoms with Gasteiger partial charge < -0.3 is 9.80 Å². The van der Waals surface area contributed by atoms with Crippen LogP contribution in [0.15, 0.2) is 42.5 Å². The number of hydrogen-bond donors (Lipinski definition) is 0. The third-order valence-electron chi connectivity index (χ3n) is 5.90. The second kappa shape index (κ2) is 8.33. The van der Waals surface area contributed by atoms with Crippen LogP contribution in [0.2, 0.25) is 0 Å². The highest BCUT2D eigenvalue weighted by Crippen LogP contribution is 2.29. The normalized spacial score (nSPS) is 16.8. The van der Waals surface area contributed by atoms with E-state index in [-0.39, 0.29) is 17.5 Å². The second-order valence-corrected chi connectivity index (χ2v) is 7.72. The average molecular weight is 395 g/mol. The Morgan fingerprint density at radius 2 is 1.72 bits per heavy atom. The molecular weight excluding hydrogens is 369 g/mol. The Bertz CT molecular complexity index is 922. The van der Waals surface area contributed by atoms with Crippen molar-refractivity contribution in [2.24, 2.45) is 0 Å². The highest BCUT2D eigenvalue weighted by molar-refractivity contribution is 5.99. The topological polar surface area (TPSA) is 43.9 Å². The van der Waals surface area contributed by atoms with Crippen molar-refractivity contribution in [3.05, 3.63) is 59.4 Å². The molecule has 2 aromatic rings. The molecule has 2 aliphatic heterocycles. The van der Waals surface area contributed by atoms with E-state index in [1.54, 1.807) is 17.9 Å². The minimum atomic E-state index is -0.184. The van der Waals surface area contributed by atoms with Crippen molar-refractivity contribution < 1.29 is 14.0 Å². The number of Topliss-reactive ketones (excluding diaryl/α,β-unsaturated/α-hetero) is 1. The van der Waals surface area contributed by atoms with Crippen LogP contribution in [0.25, 0.3) is 0 Å². The van der Waals surface area contributed by atoms with Crippen molar-refractivity contribution in [3.63, 3.8) is 0 Å². The van der Waals surface area contributed by atoms with Gasteiger partial charge in [-0.15, -0.1) is 0 Å². The summed E-state index contributed by atoms with van der Waals surface area (Å²) >= 11 is 0. The van der Waals surface area contributed by atoms with E-state index in [1.807, 2.05) is 30.3 Å². The Morgan fingerprint density at radius 3 is 2.45 bits per heavy atom. The van der Waals surface area contributed by atoms with Gasteiger partial charge in [0.2, 0.25) is 5.91 Å². The van der Waals surface area contributed by atoms with Gasteiger partial charge in [0.25, 0.3) is 0 Å². The summed E-state index contributed by atoms with van der Waals surface area (Å²) in [5.41, 5.74) is 3.38. The number of anilines is 2. The lowest BCUT2D eigenvalue weighted by atomic mass is 10.0. The SMILES string of the molecule is CC(=O)N1CCc2cc(C(=O)CCN3CCN(c4ccccc4F)CC3)ccc21. The molecule has 1 fully saturated rings. The molecule has 29 heavy (non-hydrogen) atoms. The van der Waals surface area contributed by atoms with Crippen LogP contribution in [-0.2, 0) is 11.2 Å². The third kappa shape index (κ3) is 4.17. The van der Waals surface area contributed by atoms with Crippen molar-refractivity contribution in [1.82, 2.24) is 4.90 Å². The minimum absolute atomic E-state index is 0.0392. The Kier molecular flexibility index (Phi) is 5.62. The van der Waals surface area contributed by atoms with E-state index >= 15 is 0 Å². The number of nitrogens with zero attached hydrogens (tertiary/aromatic N) is 3. The van der Waals surface area contributed by atoms with Crippen LogP contribution in [0, 0.1) is 5.82 Å². The lowest BCUT2D eigenvalue weighted by Gasteiger charge is -2.36. The zero-order valence-electron chi connectivity index (χ0n) is 16.7. The van der Waals surface area contributed by atoms with E-state index in [1.165, 1.54) is 6.07 Å². The number of piperazine rings is 1. The lowest BCUT2D eigenvalue weighted by molar-refractivity contribution is -0.116. The fourth-order valence-corrected chi connectivity index (χ4v) is 4.23. The highest BCUT2D eigenvalue weighted by atomic mass is 19.1. The third-order valence-corrected chi connectivity index (χ3v) is 5.90. The summed E-state index contributed by atoms with van der Waals surface area (Å²) in [4.78, 5) is 30.4. The van der Waals surface area contributed by atoms with Gasteiger partial charge in [0.15, 0.2) is 5.78 Å². The maximum absolute atomic E-state index is 14.0. The van der Waals surface area contributed by atoms with Gasteiger partial charge in [-0.25, -0.2) is 4.39 Å². The van der Waals surface area contributed by atoms with Crippen molar-refractivity contribution in [2.75, 3.05) is 49.1 Å². The van der Waals surface area contributed by atoms with Crippen LogP contribution in [-0.4, -0.2) is 55.9 Å². The molecule has 0 bridgehead atoms. The van der Waals surface area contributed by atoms with Gasteiger partial charge in [-0.1, -0.05) is 12.1 Å². The van der Waals surface area contributed by atoms with E-state index in [0.29, 0.717) is 25.2 Å². The fourth-order valence-electron chi connectivity index (χ4n) is 4.23. The smallest absolute Gasteiger partial charge is 0.223 e. The number of carbonyl (C=O) groups excluding carboxylic acids is 2. The van der Waals surface area contributed by atoms with Gasteiger partial charge in [-0.2, -0.15) is 0 Å². The Balaban J connectivity index is 1.30. The summed E-state index contributed by atoms with van der Waals surface area (Å²) in [6.45, 7) is 6.12. The van der Waals surface area contributed by atoms with E-state index < -0.39 is 0 Å². The molecule has 0 saturated carbocycles. The largest absolute Gasteiger partial charge is 0.367 e. The molecule has 0 atom stereocenters. The summed E-state index contributed by atoms with van der Waals surface area (Å²) < 4.78 is 14.0. The van der Waals surface area contributed by atoms with Gasteiger partial charge in [0.05, 0.1) is 5.69 Å². The average Bonchev–Trinajstić information content (AvgIpc) is 3.16. The highest BCUT2D eigenvalue weighted by Gasteiger charge is 2.24. The van der Waals surface area contributed by atoms with Gasteiger partial charge in [-0.05, 0) is 42.3 Å². The van der Waals surface area contributed by atoms with Crippen molar-refractivity contribution in [1.29, 1.82) is 0 Å². The van der Waals surface area contributed by atoms with Crippen molar-refractivity contribution >= 4 is 23.1 Å². The number of para-hydroxylation sites is 1. The first-order chi connectivity index (χ1) is 14.0. The first-order valence-corrected chi connectivity index (χ1v) is 10.2. The summed E-state index contributed by atoms with van der Waals surface area (Å²) in [6.07, 6.45) is 1.27. The molecule has 0 unspecified atom stereocenters. The van der Waals surface area contributed by atoms with Crippen LogP contribution < -0.4 is 9.80 Å². The summed E-state index contributed by atoms with van der Waals surface area (Å²) in [5.74, 6) is -0.0148. The summed E-state index contributed by atoms with van der Waals surface area (Å²) in [6, 6.07) is 12.5. The van der Waals surface area contributed by atoms with Crippen LogP contribution in [0.1, 0.15) is 29.3 Å². The molecular formula is C23H26FN3O2. The Labute approximate surface area is 170 Å². The number of ketones is 1. The van der Waals surface area contributed by atoms with Crippen molar-refractivity contribution in [2.45, 2.75) is 19.8 Å². The number of halogens is 1. The van der Waals surface area contributed by atoms with E-state index in [4.69, 9.17) is 0 Å². The molecule has 5 nitrogen and oxygen atoms in total. The van der Waals surface area contributed by atoms with Gasteiger partial charge in [0, 0.05) is 63.9 Å². The number of carbonyl (C=O) groups is 2. The second-order valence-electron chi connectivity index (χ2n) is 7.72. The predicted octanol–water partition coefficient (Wildman–Crippen LogP) is 3.13. The Morgan fingerprint density at radius 1 is 0.966 bits per heavy atom. The fraction of sp³-hybridized carbons (Fsp3) is 0.391. The molecule has 1 amide bonds. The first kappa shape index (κ1) is 19.6. The lowest BCUT2D eigenvalue weighted by Crippen LogP contribution is -2.47. The van der Waals surface area contributed by atoms with Gasteiger partial charge >= 0.3 is 0 Å². The van der Waals surface area contributed by atoms with Crippen LogP contribution in [0.3, 0.4) is 0 Å². The van der Waals surface area contributed by atoms with Gasteiger partial charge in [-0.3, -0.25) is 14.5 Å². The van der Waals surface area contributed by atoms with Crippen LogP contribution in [0.5, 0.6) is 0 Å². The Hall–Kier alpha value is -2.73. The molecule has 0 spiro atoms. The molecule has 0 aliphatic carbocycles. The molecule has 2 heterocycles. The number of rotatable bonds is 5. The number of hydrogen-bond acceptors (Lipinski definition) is 4. The zero-order chi connectivity index (χ0) is 20.4. The first-order valence-electron chi connectivity index (χ1n) is 10.2. The van der Waals surface area contributed by atoms with Crippen molar-refractivity contribution in [3.8, 4) is 0 Å². The molecule has 0 radical (unpaired) electrons. The maximum atomic E-state index is 14.0. The molecule has 1 saturated heterocycles. The van der Waals surface area contributed by atoms with Crippen LogP contribution in [0.4, 0.5) is 15.8 Å². The van der Waals surface area contributed by atoms with Crippen LogP contribution >= 0.6 is 0 Å². The van der Waals surface area contributed by atoms with E-state index in [0.717, 1.165) is 49.4 Å². The monoisotopic (exact) mass is 395 g/mol. The summed E-state index contributed by atoms with van der Waals surface area (Å²) in [5, 5.41) is 0. The molecule has 0 N–H and O–H groups in total. The maximum Gasteiger partial charge on any atom is 0.223 e. The van der Waals surface area contributed by atoms with Gasteiger partial charge in [0.1, 0.15) is 5.82 Å². The predicted molar refractivity (Wildman–Crippen MR) is 112 cm³/mol. The molecule has 2 aromatic carbocycles. The molecule has 0 aromatic heterocycles. The molecule has 152 valence electrons. The number of benzene rings is 2. The standard InChI is InChI=1S/C23H26FN3O2/c1-17(28)27-11-8-18-16-19(6-7-21(18)27)23(29)9-10-25-12-14-26(15-13-25)22-5-3-2-4-20(22)24/h2-7,16H,8-15H2,1H3. The van der Waals surface area contributed by atoms with E-state index in [9.17, 15) is 14.0 Å². The number of amides is 1. The molecule has 4 rings (SSSR count). The number of fused-ring (bicyclic) bond motifs is 1. The summed E-state index contributed by atoms with van der Waals surface area (Å²) in [7, 11) is 0. The minimum Gasteiger partial charge on any atom is -0.367 e. The zero-order valence-corrected chi connectivity index (χ0v) is 16.7. The molecule has 6 heteroatoms.